The molecule has 2 aromatic heterocycles. The molecule has 1 aliphatic rings. The topological polar surface area (TPSA) is 84.2 Å². The van der Waals surface area contributed by atoms with Crippen LogP contribution in [0.3, 0.4) is 0 Å². The first-order chi connectivity index (χ1) is 20.9. The van der Waals surface area contributed by atoms with Crippen LogP contribution in [0, 0.1) is 6.92 Å². The van der Waals surface area contributed by atoms with Crippen LogP contribution < -0.4 is 0 Å². The lowest BCUT2D eigenvalue weighted by atomic mass is 10.1. The van der Waals surface area contributed by atoms with Crippen molar-refractivity contribution < 1.29 is 9.59 Å². The van der Waals surface area contributed by atoms with E-state index in [0.717, 1.165) is 22.1 Å². The maximum atomic E-state index is 13.0. The van der Waals surface area contributed by atoms with Crippen LogP contribution in [0.5, 0.6) is 0 Å². The van der Waals surface area contributed by atoms with Crippen LogP contribution in [-0.4, -0.2) is 72.8 Å². The minimum atomic E-state index is -0.0621. The quantitative estimate of drug-likeness (QED) is 0.152. The highest BCUT2D eigenvalue weighted by molar-refractivity contribution is 7.99. The van der Waals surface area contributed by atoms with Gasteiger partial charge in [0.2, 0.25) is 11.1 Å². The summed E-state index contributed by atoms with van der Waals surface area (Å²) in [5.41, 5.74) is 5.68. The molecule has 0 aliphatic carbocycles. The Hall–Kier alpha value is -3.95. The van der Waals surface area contributed by atoms with Gasteiger partial charge in [-0.15, -0.1) is 10.2 Å². The van der Waals surface area contributed by atoms with Gasteiger partial charge in [0.05, 0.1) is 5.52 Å². The number of benzene rings is 3. The molecule has 5 aromatic rings. The molecular weight excluding hydrogens is 580 g/mol. The highest BCUT2D eigenvalue weighted by Gasteiger charge is 2.30. The van der Waals surface area contributed by atoms with Gasteiger partial charge in [0.25, 0.3) is 5.91 Å². The summed E-state index contributed by atoms with van der Waals surface area (Å²) in [6, 6.07) is 23.6. The van der Waals surface area contributed by atoms with E-state index in [1.165, 1.54) is 22.9 Å². The number of rotatable bonds is 8. The van der Waals surface area contributed by atoms with Crippen LogP contribution in [0.15, 0.2) is 78.0 Å². The van der Waals surface area contributed by atoms with Gasteiger partial charge in [-0.2, -0.15) is 0 Å². The Morgan fingerprint density at radius 3 is 2.56 bits per heavy atom. The van der Waals surface area contributed by atoms with Gasteiger partial charge in [-0.05, 0) is 62.2 Å². The number of piperazine rings is 1. The van der Waals surface area contributed by atoms with Crippen molar-refractivity contribution in [2.45, 2.75) is 44.4 Å². The summed E-state index contributed by atoms with van der Waals surface area (Å²) < 4.78 is 2.21. The van der Waals surface area contributed by atoms with E-state index >= 15 is 0 Å². The van der Waals surface area contributed by atoms with Crippen molar-refractivity contribution in [1.29, 1.82) is 0 Å². The van der Waals surface area contributed by atoms with Crippen molar-refractivity contribution in [3.63, 3.8) is 0 Å². The molecule has 10 heteroatoms. The summed E-state index contributed by atoms with van der Waals surface area (Å²) in [6.07, 6.45) is 1.14. The predicted molar refractivity (Wildman–Crippen MR) is 172 cm³/mol. The van der Waals surface area contributed by atoms with Crippen LogP contribution >= 0.6 is 23.4 Å². The zero-order valence-corrected chi connectivity index (χ0v) is 25.8. The Balaban J connectivity index is 1.06. The van der Waals surface area contributed by atoms with Crippen molar-refractivity contribution in [1.82, 2.24) is 29.5 Å². The summed E-state index contributed by atoms with van der Waals surface area (Å²) in [4.78, 5) is 34.6. The van der Waals surface area contributed by atoms with Gasteiger partial charge in [-0.25, -0.2) is 4.98 Å². The minimum Gasteiger partial charge on any atom is -0.339 e. The third kappa shape index (κ3) is 6.38. The van der Waals surface area contributed by atoms with Crippen LogP contribution in [0.4, 0.5) is 0 Å². The lowest BCUT2D eigenvalue weighted by Gasteiger charge is -2.40. The van der Waals surface area contributed by atoms with Gasteiger partial charge in [0.15, 0.2) is 5.65 Å². The van der Waals surface area contributed by atoms with Crippen molar-refractivity contribution in [2.24, 2.45) is 0 Å². The predicted octanol–water partition coefficient (Wildman–Crippen LogP) is 6.24. The molecule has 1 unspecified atom stereocenters. The SMILES string of the molecule is Cc1ccc2c(c1)c1nnc(SCCCC(=O)N3CCN(C(=O)c4ccc(Cl)cc4)C(C)C3)nc1n2Cc1ccccc1. The first kappa shape index (κ1) is 29.1. The van der Waals surface area contributed by atoms with Gasteiger partial charge in [0, 0.05) is 60.4 Å². The minimum absolute atomic E-state index is 0.0313. The number of aromatic nitrogens is 4. The highest BCUT2D eigenvalue weighted by Crippen LogP contribution is 2.29. The molecule has 3 aromatic carbocycles. The van der Waals surface area contributed by atoms with E-state index in [2.05, 4.69) is 52.0 Å². The molecule has 0 radical (unpaired) electrons. The third-order valence-electron chi connectivity index (χ3n) is 7.88. The molecule has 2 amide bonds. The molecule has 8 nitrogen and oxygen atoms in total. The number of halogens is 1. The zero-order chi connectivity index (χ0) is 29.9. The number of carbonyl (C=O) groups excluding carboxylic acids is 2. The maximum Gasteiger partial charge on any atom is 0.254 e. The van der Waals surface area contributed by atoms with Crippen molar-refractivity contribution in [2.75, 3.05) is 25.4 Å². The number of nitrogens with zero attached hydrogens (tertiary/aromatic N) is 6. The molecule has 1 saturated heterocycles. The van der Waals surface area contributed by atoms with Crippen molar-refractivity contribution in [3.05, 3.63) is 94.5 Å². The van der Waals surface area contributed by atoms with E-state index in [4.69, 9.17) is 16.6 Å². The fraction of sp³-hybridized carbons (Fsp3) is 0.303. The number of hydrogen-bond donors (Lipinski definition) is 0. The third-order valence-corrected chi connectivity index (χ3v) is 9.06. The molecule has 1 aliphatic heterocycles. The standard InChI is InChI=1S/C33H33ClN6O2S/c1-22-10-15-28-27(19-22)30-31(40(28)21-24-7-4-3-5-8-24)35-33(37-36-30)43-18-6-9-29(41)38-16-17-39(23(2)20-38)32(42)25-11-13-26(34)14-12-25/h3-5,7-8,10-15,19,23H,6,9,16-18,20-21H2,1-2H3. The number of carbonyl (C=O) groups is 2. The largest absolute Gasteiger partial charge is 0.339 e. The van der Waals surface area contributed by atoms with Gasteiger partial charge in [-0.3, -0.25) is 9.59 Å². The van der Waals surface area contributed by atoms with E-state index in [1.807, 2.05) is 34.9 Å². The molecule has 0 spiro atoms. The summed E-state index contributed by atoms with van der Waals surface area (Å²) >= 11 is 7.49. The lowest BCUT2D eigenvalue weighted by molar-refractivity contribution is -0.133. The molecule has 6 rings (SSSR count). The molecule has 1 fully saturated rings. The van der Waals surface area contributed by atoms with Crippen LogP contribution in [0.1, 0.15) is 41.3 Å². The molecule has 0 N–H and O–H groups in total. The van der Waals surface area contributed by atoms with Crippen molar-refractivity contribution >= 4 is 57.2 Å². The van der Waals surface area contributed by atoms with Crippen molar-refractivity contribution in [3.8, 4) is 0 Å². The van der Waals surface area contributed by atoms with E-state index in [-0.39, 0.29) is 17.9 Å². The average molecular weight is 613 g/mol. The normalized spacial score (nSPS) is 15.4. The first-order valence-corrected chi connectivity index (χ1v) is 15.9. The van der Waals surface area contributed by atoms with Crippen LogP contribution in [-0.2, 0) is 11.3 Å². The lowest BCUT2D eigenvalue weighted by Crippen LogP contribution is -2.55. The average Bonchev–Trinajstić information content (AvgIpc) is 3.31. The molecule has 43 heavy (non-hydrogen) atoms. The first-order valence-electron chi connectivity index (χ1n) is 14.5. The van der Waals surface area contributed by atoms with Gasteiger partial charge in [0.1, 0.15) is 5.52 Å². The molecular formula is C33H33ClN6O2S. The Labute approximate surface area is 260 Å². The summed E-state index contributed by atoms with van der Waals surface area (Å²) in [7, 11) is 0. The van der Waals surface area contributed by atoms with Crippen LogP contribution in [0.2, 0.25) is 5.02 Å². The van der Waals surface area contributed by atoms with E-state index in [0.29, 0.717) is 60.5 Å². The number of thioether (sulfide) groups is 1. The van der Waals surface area contributed by atoms with Gasteiger partial charge < -0.3 is 14.4 Å². The second-order valence-electron chi connectivity index (χ2n) is 11.0. The zero-order valence-electron chi connectivity index (χ0n) is 24.2. The van der Waals surface area contributed by atoms with E-state index in [9.17, 15) is 9.59 Å². The smallest absolute Gasteiger partial charge is 0.254 e. The van der Waals surface area contributed by atoms with Gasteiger partial charge >= 0.3 is 0 Å². The summed E-state index contributed by atoms with van der Waals surface area (Å²) in [6.45, 7) is 6.33. The number of hydrogen-bond acceptors (Lipinski definition) is 6. The number of aryl methyl sites for hydroxylation is 1. The Bertz CT molecular complexity index is 1780. The molecule has 0 saturated carbocycles. The maximum absolute atomic E-state index is 13.0. The Morgan fingerprint density at radius 2 is 1.79 bits per heavy atom. The molecule has 0 bridgehead atoms. The Kier molecular flexibility index (Phi) is 8.63. The highest BCUT2D eigenvalue weighted by atomic mass is 35.5. The fourth-order valence-corrected chi connectivity index (χ4v) is 6.48. The summed E-state index contributed by atoms with van der Waals surface area (Å²) in [5.74, 6) is 0.789. The van der Waals surface area contributed by atoms with Crippen LogP contribution in [0.25, 0.3) is 22.1 Å². The second-order valence-corrected chi connectivity index (χ2v) is 12.5. The Morgan fingerprint density at radius 1 is 1.00 bits per heavy atom. The van der Waals surface area contributed by atoms with E-state index < -0.39 is 0 Å². The number of fused-ring (bicyclic) bond motifs is 3. The molecule has 220 valence electrons. The fourth-order valence-electron chi connectivity index (χ4n) is 5.63. The molecule has 3 heterocycles. The summed E-state index contributed by atoms with van der Waals surface area (Å²) in [5, 5.41) is 11.3. The second kappa shape index (κ2) is 12.7. The monoisotopic (exact) mass is 612 g/mol. The van der Waals surface area contributed by atoms with Gasteiger partial charge in [-0.1, -0.05) is 65.3 Å². The molecule has 1 atom stereocenters. The number of amides is 2. The van der Waals surface area contributed by atoms with E-state index in [1.54, 1.807) is 24.3 Å².